The maximum Gasteiger partial charge on any atom is 0.524 e. The van der Waals surface area contributed by atoms with Crippen molar-refractivity contribution in [3.8, 4) is 16.9 Å². The molecule has 294 valence electrons. The number of phosphoric ester groups is 1. The Balaban J connectivity index is 1.26. The van der Waals surface area contributed by atoms with Crippen molar-refractivity contribution in [1.29, 1.82) is 0 Å². The highest BCUT2D eigenvalue weighted by atomic mass is 31.2. The van der Waals surface area contributed by atoms with Crippen LogP contribution in [0.2, 0.25) is 0 Å². The van der Waals surface area contributed by atoms with Crippen LogP contribution in [0, 0.1) is 0 Å². The molecule has 0 spiro atoms. The number of nitrogens with one attached hydrogen (secondary N) is 1. The fourth-order valence-corrected chi connectivity index (χ4v) is 8.14. The van der Waals surface area contributed by atoms with Gasteiger partial charge < -0.3 is 24.2 Å². The number of benzene rings is 4. The zero-order valence-corrected chi connectivity index (χ0v) is 32.4. The molecule has 14 nitrogen and oxygen atoms in total. The van der Waals surface area contributed by atoms with E-state index in [1.54, 1.807) is 40.3 Å². The Labute approximate surface area is 329 Å². The minimum absolute atomic E-state index is 0.0166. The first-order valence-electron chi connectivity index (χ1n) is 18.4. The van der Waals surface area contributed by atoms with Gasteiger partial charge in [0.05, 0.1) is 18.6 Å². The predicted molar refractivity (Wildman–Crippen MR) is 213 cm³/mol. The van der Waals surface area contributed by atoms with E-state index in [4.69, 9.17) is 4.52 Å². The van der Waals surface area contributed by atoms with Crippen LogP contribution in [0.25, 0.3) is 22.0 Å². The lowest BCUT2D eigenvalue weighted by Crippen LogP contribution is -2.76. The Morgan fingerprint density at radius 3 is 2.33 bits per heavy atom. The number of aromatic nitrogens is 1. The molecule has 2 atom stereocenters. The number of phosphoric acid groups is 1. The van der Waals surface area contributed by atoms with E-state index in [1.165, 1.54) is 29.0 Å². The van der Waals surface area contributed by atoms with E-state index in [2.05, 4.69) is 11.9 Å². The molecule has 15 heteroatoms. The number of carbonyl (C=O) groups excluding carboxylic acids is 4. The third-order valence-electron chi connectivity index (χ3n) is 10.3. The molecule has 2 aliphatic heterocycles. The molecule has 0 saturated carbocycles. The highest BCUT2D eigenvalue weighted by Gasteiger charge is 2.51. The first-order chi connectivity index (χ1) is 27.3. The predicted octanol–water partition coefficient (Wildman–Crippen LogP) is 5.26. The molecule has 3 heterocycles. The van der Waals surface area contributed by atoms with Gasteiger partial charge in [-0.1, -0.05) is 91.0 Å². The molecular formula is C42H43N6O8P. The number of para-hydroxylation sites is 1. The van der Waals surface area contributed by atoms with Gasteiger partial charge in [-0.05, 0) is 41.3 Å². The van der Waals surface area contributed by atoms with Gasteiger partial charge in [-0.15, -0.1) is 6.58 Å². The molecule has 7 rings (SSSR count). The van der Waals surface area contributed by atoms with Crippen LogP contribution in [0.4, 0.5) is 4.79 Å². The molecule has 1 aromatic heterocycles. The molecule has 2 saturated heterocycles. The van der Waals surface area contributed by atoms with E-state index >= 15 is 0 Å². The molecule has 0 aliphatic carbocycles. The van der Waals surface area contributed by atoms with E-state index in [-0.39, 0.29) is 62.5 Å². The number of amides is 4. The van der Waals surface area contributed by atoms with Gasteiger partial charge in [0.1, 0.15) is 18.0 Å². The summed E-state index contributed by atoms with van der Waals surface area (Å²) in [5, 5.41) is 7.11. The summed E-state index contributed by atoms with van der Waals surface area (Å²) in [6, 6.07) is 27.3. The first kappa shape index (κ1) is 39.2. The van der Waals surface area contributed by atoms with Crippen LogP contribution in [-0.2, 0) is 40.7 Å². The average Bonchev–Trinajstić information content (AvgIpc) is 3.53. The first-order valence-corrected chi connectivity index (χ1v) is 19.9. The van der Waals surface area contributed by atoms with E-state index in [1.807, 2.05) is 78.5 Å². The molecule has 4 amide bonds. The van der Waals surface area contributed by atoms with Crippen molar-refractivity contribution in [2.75, 3.05) is 19.6 Å². The van der Waals surface area contributed by atoms with Crippen molar-refractivity contribution in [1.82, 2.24) is 29.7 Å². The maximum absolute atomic E-state index is 14.7. The van der Waals surface area contributed by atoms with Crippen molar-refractivity contribution in [2.24, 2.45) is 7.05 Å². The van der Waals surface area contributed by atoms with Gasteiger partial charge in [0, 0.05) is 55.8 Å². The Bertz CT molecular complexity index is 2380. The molecule has 0 bridgehead atoms. The summed E-state index contributed by atoms with van der Waals surface area (Å²) >= 11 is 0. The van der Waals surface area contributed by atoms with Crippen molar-refractivity contribution in [3.05, 3.63) is 138 Å². The number of nitrogens with zero attached hydrogens (tertiary/aromatic N) is 5. The summed E-state index contributed by atoms with van der Waals surface area (Å²) in [5.74, 6) is -0.723. The van der Waals surface area contributed by atoms with E-state index in [0.29, 0.717) is 11.1 Å². The second kappa shape index (κ2) is 16.2. The number of hydrogen-bond acceptors (Lipinski definition) is 7. The fraction of sp³-hybridized carbons (Fsp3) is 0.238. The number of urea groups is 1. The molecule has 0 radical (unpaired) electrons. The highest BCUT2D eigenvalue weighted by Crippen LogP contribution is 2.38. The summed E-state index contributed by atoms with van der Waals surface area (Å²) in [6.45, 7) is 5.85. The molecule has 4 aromatic carbocycles. The normalized spacial score (nSPS) is 17.4. The molecule has 1 unspecified atom stereocenters. The van der Waals surface area contributed by atoms with Gasteiger partial charge >= 0.3 is 13.9 Å². The van der Waals surface area contributed by atoms with Crippen LogP contribution < -0.4 is 9.84 Å². The summed E-state index contributed by atoms with van der Waals surface area (Å²) < 4.78 is 18.2. The van der Waals surface area contributed by atoms with Crippen molar-refractivity contribution < 1.29 is 38.1 Å². The summed E-state index contributed by atoms with van der Waals surface area (Å²) in [5.41, 5.74) is 5.77. The summed E-state index contributed by atoms with van der Waals surface area (Å²) in [6.07, 6.45) is 2.81. The lowest BCUT2D eigenvalue weighted by molar-refractivity contribution is -0.189. The third-order valence-corrected chi connectivity index (χ3v) is 10.7. The van der Waals surface area contributed by atoms with Crippen molar-refractivity contribution in [3.63, 3.8) is 0 Å². The standard InChI is InChI=1S/C42H43N6O8P/c1-4-21-46-27-39(50)47-37(22-29-13-19-34(20-14-29)56-57(53,54)55)41(51)45(26-38(47)48(46)42(52)43-23-30-9-6-5-7-10-30)24-33-11-8-12-35-36(25-44(3)40(33)35)32-17-15-31(16-18-32)28(2)49/h4-20,25,37-38H,1,21-24,26-27H2,2-3H3,(H,43,52)(H2,53,54,55)/t37-,38?/m0/s1. The lowest BCUT2D eigenvalue weighted by Gasteiger charge is -2.55. The van der Waals surface area contributed by atoms with Gasteiger partial charge in [-0.25, -0.2) is 19.4 Å². The summed E-state index contributed by atoms with van der Waals surface area (Å²) in [4.78, 5) is 76.7. The maximum atomic E-state index is 14.7. The van der Waals surface area contributed by atoms with Gasteiger partial charge in [0.15, 0.2) is 5.78 Å². The summed E-state index contributed by atoms with van der Waals surface area (Å²) in [7, 11) is -2.86. The van der Waals surface area contributed by atoms with Crippen molar-refractivity contribution in [2.45, 2.75) is 38.6 Å². The Morgan fingerprint density at radius 1 is 0.947 bits per heavy atom. The van der Waals surface area contributed by atoms with Crippen LogP contribution in [0.3, 0.4) is 0 Å². The Hall–Kier alpha value is -6.05. The third kappa shape index (κ3) is 8.40. The van der Waals surface area contributed by atoms with Crippen LogP contribution >= 0.6 is 7.82 Å². The number of piperazine rings is 1. The Morgan fingerprint density at radius 2 is 1.67 bits per heavy atom. The van der Waals surface area contributed by atoms with E-state index in [9.17, 15) is 33.5 Å². The zero-order chi connectivity index (χ0) is 40.4. The SMILES string of the molecule is C=CCN1CC(=O)N2C(CN(Cc3cccc4c(-c5ccc(C(C)=O)cc5)cn(C)c34)C(=O)[C@@H]2Cc2ccc(OP(=O)(O)O)cc2)N1C(=O)NCc1ccccc1. The minimum atomic E-state index is -4.80. The topological polar surface area (TPSA) is 165 Å². The average molecular weight is 791 g/mol. The fourth-order valence-electron chi connectivity index (χ4n) is 7.75. The number of aryl methyl sites for hydroxylation is 1. The number of ketones is 1. The second-order valence-corrected chi connectivity index (χ2v) is 15.3. The number of hydrazine groups is 1. The quantitative estimate of drug-likeness (QED) is 0.0870. The number of Topliss-reactive ketones (excluding diaryl/α,β-unsaturated/α-hetero) is 1. The van der Waals surface area contributed by atoms with E-state index < -0.39 is 26.1 Å². The lowest BCUT2D eigenvalue weighted by atomic mass is 9.97. The van der Waals surface area contributed by atoms with Gasteiger partial charge in [-0.2, -0.15) is 0 Å². The van der Waals surface area contributed by atoms with Gasteiger partial charge in [0.2, 0.25) is 11.8 Å². The monoisotopic (exact) mass is 790 g/mol. The number of fused-ring (bicyclic) bond motifs is 2. The number of rotatable bonds is 12. The molecule has 2 fully saturated rings. The molecule has 57 heavy (non-hydrogen) atoms. The smallest absolute Gasteiger partial charge is 0.404 e. The van der Waals surface area contributed by atoms with Crippen LogP contribution in [-0.4, -0.2) is 89.6 Å². The van der Waals surface area contributed by atoms with E-state index in [0.717, 1.165) is 33.2 Å². The zero-order valence-electron chi connectivity index (χ0n) is 31.5. The van der Waals surface area contributed by atoms with Crippen LogP contribution in [0.15, 0.2) is 116 Å². The van der Waals surface area contributed by atoms with Gasteiger partial charge in [-0.3, -0.25) is 24.2 Å². The molecule has 3 N–H and O–H groups in total. The number of carbonyl (C=O) groups is 4. The van der Waals surface area contributed by atoms with Crippen LogP contribution in [0.1, 0.15) is 34.0 Å². The molecule has 5 aromatic rings. The Kier molecular flexibility index (Phi) is 11.1. The second-order valence-electron chi connectivity index (χ2n) is 14.2. The molecular weight excluding hydrogens is 747 g/mol. The largest absolute Gasteiger partial charge is 0.524 e. The van der Waals surface area contributed by atoms with Crippen molar-refractivity contribution >= 4 is 42.4 Å². The van der Waals surface area contributed by atoms with Crippen LogP contribution in [0.5, 0.6) is 5.75 Å². The minimum Gasteiger partial charge on any atom is -0.404 e. The highest BCUT2D eigenvalue weighted by molar-refractivity contribution is 7.46. The molecule has 2 aliphatic rings. The van der Waals surface area contributed by atoms with Gasteiger partial charge in [0.25, 0.3) is 0 Å². The number of hydrogen-bond donors (Lipinski definition) is 3.